The molecule has 2 fully saturated rings. The molecule has 0 radical (unpaired) electrons. The monoisotopic (exact) mass is 256 g/mol. The average Bonchev–Trinajstić information content (AvgIpc) is 2.78. The molecule has 18 heavy (non-hydrogen) atoms. The van der Waals surface area contributed by atoms with Crippen molar-refractivity contribution in [3.63, 3.8) is 0 Å². The molecule has 1 spiro atoms. The van der Waals surface area contributed by atoms with Gasteiger partial charge in [0.2, 0.25) is 5.91 Å². The molecule has 1 atom stereocenters. The third-order valence-corrected chi connectivity index (χ3v) is 3.87. The first kappa shape index (κ1) is 13.8. The van der Waals surface area contributed by atoms with Crippen LogP contribution in [-0.2, 0) is 14.3 Å². The maximum atomic E-state index is 11.1. The highest BCUT2D eigenvalue weighted by Gasteiger charge is 2.41. The fourth-order valence-corrected chi connectivity index (χ4v) is 2.75. The second kappa shape index (κ2) is 6.50. The second-order valence-electron chi connectivity index (χ2n) is 5.22. The molecule has 2 aliphatic heterocycles. The molecule has 5 nitrogen and oxygen atoms in total. The van der Waals surface area contributed by atoms with Crippen molar-refractivity contribution in [1.82, 2.24) is 10.6 Å². The van der Waals surface area contributed by atoms with Gasteiger partial charge in [-0.25, -0.2) is 0 Å². The van der Waals surface area contributed by atoms with E-state index in [4.69, 9.17) is 9.47 Å². The molecule has 2 aliphatic rings. The minimum Gasteiger partial charge on any atom is -0.376 e. The van der Waals surface area contributed by atoms with Gasteiger partial charge in [-0.05, 0) is 32.4 Å². The van der Waals surface area contributed by atoms with Gasteiger partial charge in [-0.3, -0.25) is 4.79 Å². The van der Waals surface area contributed by atoms with Crippen LogP contribution >= 0.6 is 0 Å². The summed E-state index contributed by atoms with van der Waals surface area (Å²) in [6, 6.07) is 0. The summed E-state index contributed by atoms with van der Waals surface area (Å²) in [5.74, 6) is 0.0797. The SMILES string of the molecule is CNC(=O)CCCOC1COC2(CCNCC2)C1. The maximum Gasteiger partial charge on any atom is 0.219 e. The van der Waals surface area contributed by atoms with Crippen molar-refractivity contribution in [3.8, 4) is 0 Å². The highest BCUT2D eigenvalue weighted by atomic mass is 16.6. The summed E-state index contributed by atoms with van der Waals surface area (Å²) in [7, 11) is 1.66. The molecule has 0 bridgehead atoms. The molecule has 104 valence electrons. The third kappa shape index (κ3) is 3.67. The number of hydrogen-bond donors (Lipinski definition) is 2. The first-order valence-electron chi connectivity index (χ1n) is 6.91. The summed E-state index contributed by atoms with van der Waals surface area (Å²) in [5.41, 5.74) is 0.0662. The standard InChI is InChI=1S/C13H24N2O3/c1-14-12(16)3-2-8-17-11-9-13(18-10-11)4-6-15-7-5-13/h11,15H,2-10H2,1H3,(H,14,16). The summed E-state index contributed by atoms with van der Waals surface area (Å²) < 4.78 is 11.7. The molecule has 1 unspecified atom stereocenters. The van der Waals surface area contributed by atoms with Crippen LogP contribution in [0.4, 0.5) is 0 Å². The van der Waals surface area contributed by atoms with Gasteiger partial charge in [0.05, 0.1) is 18.3 Å². The van der Waals surface area contributed by atoms with Gasteiger partial charge in [-0.2, -0.15) is 0 Å². The van der Waals surface area contributed by atoms with Gasteiger partial charge in [0.1, 0.15) is 0 Å². The van der Waals surface area contributed by atoms with E-state index in [-0.39, 0.29) is 17.6 Å². The summed E-state index contributed by atoms with van der Waals surface area (Å²) >= 11 is 0. The quantitative estimate of drug-likeness (QED) is 0.701. The fraction of sp³-hybridized carbons (Fsp3) is 0.923. The Bertz CT molecular complexity index is 277. The van der Waals surface area contributed by atoms with Crippen LogP contribution in [0.25, 0.3) is 0 Å². The summed E-state index contributed by atoms with van der Waals surface area (Å²) in [4.78, 5) is 11.1. The van der Waals surface area contributed by atoms with Gasteiger partial charge in [-0.1, -0.05) is 0 Å². The molecule has 0 aliphatic carbocycles. The Morgan fingerprint density at radius 1 is 1.50 bits per heavy atom. The van der Waals surface area contributed by atoms with E-state index in [1.165, 1.54) is 0 Å². The van der Waals surface area contributed by atoms with Gasteiger partial charge in [0.15, 0.2) is 0 Å². The molecular weight excluding hydrogens is 232 g/mol. The number of amides is 1. The maximum absolute atomic E-state index is 11.1. The van der Waals surface area contributed by atoms with E-state index in [0.29, 0.717) is 19.6 Å². The zero-order valence-corrected chi connectivity index (χ0v) is 11.2. The van der Waals surface area contributed by atoms with Crippen LogP contribution < -0.4 is 10.6 Å². The van der Waals surface area contributed by atoms with E-state index in [1.54, 1.807) is 7.05 Å². The van der Waals surface area contributed by atoms with Crippen molar-refractivity contribution in [1.29, 1.82) is 0 Å². The minimum absolute atomic E-state index is 0.0662. The van der Waals surface area contributed by atoms with Crippen molar-refractivity contribution in [2.75, 3.05) is 33.4 Å². The predicted molar refractivity (Wildman–Crippen MR) is 68.4 cm³/mol. The normalized spacial score (nSPS) is 26.4. The number of piperidine rings is 1. The van der Waals surface area contributed by atoms with Crippen LogP contribution in [0.1, 0.15) is 32.1 Å². The molecule has 1 amide bonds. The van der Waals surface area contributed by atoms with Crippen LogP contribution in [0.5, 0.6) is 0 Å². The lowest BCUT2D eigenvalue weighted by Crippen LogP contribution is -2.41. The summed E-state index contributed by atoms with van der Waals surface area (Å²) in [6.07, 6.45) is 4.72. The number of nitrogens with one attached hydrogen (secondary N) is 2. The Labute approximate surface area is 109 Å². The number of carbonyl (C=O) groups is 1. The van der Waals surface area contributed by atoms with Gasteiger partial charge in [0, 0.05) is 26.5 Å². The first-order chi connectivity index (χ1) is 8.74. The van der Waals surface area contributed by atoms with E-state index in [0.717, 1.165) is 38.8 Å². The molecule has 5 heteroatoms. The van der Waals surface area contributed by atoms with Crippen molar-refractivity contribution < 1.29 is 14.3 Å². The van der Waals surface area contributed by atoms with Gasteiger partial charge in [0.25, 0.3) is 0 Å². The average molecular weight is 256 g/mol. The minimum atomic E-state index is 0.0662. The zero-order chi connectivity index (χ0) is 12.8. The highest BCUT2D eigenvalue weighted by Crippen LogP contribution is 2.35. The third-order valence-electron chi connectivity index (χ3n) is 3.87. The van der Waals surface area contributed by atoms with Crippen molar-refractivity contribution >= 4 is 5.91 Å². The Morgan fingerprint density at radius 2 is 2.28 bits per heavy atom. The first-order valence-corrected chi connectivity index (χ1v) is 6.91. The van der Waals surface area contributed by atoms with Crippen LogP contribution in [0.3, 0.4) is 0 Å². The van der Waals surface area contributed by atoms with Crippen LogP contribution in [0.2, 0.25) is 0 Å². The number of rotatable bonds is 5. The van der Waals surface area contributed by atoms with Crippen LogP contribution in [-0.4, -0.2) is 51.0 Å². The van der Waals surface area contributed by atoms with Crippen molar-refractivity contribution in [2.24, 2.45) is 0 Å². The lowest BCUT2D eigenvalue weighted by Gasteiger charge is -2.32. The molecule has 0 saturated carbocycles. The van der Waals surface area contributed by atoms with Gasteiger partial charge in [-0.15, -0.1) is 0 Å². The van der Waals surface area contributed by atoms with Gasteiger partial charge >= 0.3 is 0 Å². The van der Waals surface area contributed by atoms with Crippen LogP contribution in [0, 0.1) is 0 Å². The largest absolute Gasteiger partial charge is 0.376 e. The van der Waals surface area contributed by atoms with Crippen LogP contribution in [0.15, 0.2) is 0 Å². The molecule has 2 rings (SSSR count). The second-order valence-corrected chi connectivity index (χ2v) is 5.22. The Morgan fingerprint density at radius 3 is 3.00 bits per heavy atom. The smallest absolute Gasteiger partial charge is 0.219 e. The number of ether oxygens (including phenoxy) is 2. The lowest BCUT2D eigenvalue weighted by molar-refractivity contribution is -0.121. The zero-order valence-electron chi connectivity index (χ0n) is 11.2. The molecule has 0 aromatic rings. The van der Waals surface area contributed by atoms with E-state index >= 15 is 0 Å². The van der Waals surface area contributed by atoms with Crippen molar-refractivity contribution in [2.45, 2.75) is 43.8 Å². The summed E-state index contributed by atoms with van der Waals surface area (Å²) in [5, 5.41) is 5.97. The molecule has 2 heterocycles. The topological polar surface area (TPSA) is 59.6 Å². The Kier molecular flexibility index (Phi) is 4.97. The Balaban J connectivity index is 1.62. The molecule has 0 aromatic heterocycles. The number of hydrogen-bond acceptors (Lipinski definition) is 4. The summed E-state index contributed by atoms with van der Waals surface area (Å²) in [6.45, 7) is 3.45. The molecular formula is C13H24N2O3. The fourth-order valence-electron chi connectivity index (χ4n) is 2.75. The predicted octanol–water partition coefficient (Wildman–Crippen LogP) is 0.440. The lowest BCUT2D eigenvalue weighted by atomic mass is 9.89. The number of carbonyl (C=O) groups excluding carboxylic acids is 1. The Hall–Kier alpha value is -0.650. The highest BCUT2D eigenvalue weighted by molar-refractivity contribution is 5.75. The van der Waals surface area contributed by atoms with E-state index in [1.807, 2.05) is 0 Å². The van der Waals surface area contributed by atoms with Crippen molar-refractivity contribution in [3.05, 3.63) is 0 Å². The molecule has 0 aromatic carbocycles. The van der Waals surface area contributed by atoms with E-state index in [2.05, 4.69) is 10.6 Å². The van der Waals surface area contributed by atoms with Gasteiger partial charge < -0.3 is 20.1 Å². The van der Waals surface area contributed by atoms with E-state index < -0.39 is 0 Å². The molecule has 2 saturated heterocycles. The van der Waals surface area contributed by atoms with E-state index in [9.17, 15) is 4.79 Å². The molecule has 2 N–H and O–H groups in total.